The third kappa shape index (κ3) is 4.13. The first-order valence-corrected chi connectivity index (χ1v) is 8.94. The van der Waals surface area contributed by atoms with Crippen molar-refractivity contribution in [1.82, 2.24) is 14.8 Å². The molecule has 6 nitrogen and oxygen atoms in total. The Bertz CT molecular complexity index is 805. The fraction of sp³-hybridized carbons (Fsp3) is 0.474. The average Bonchev–Trinajstić information content (AvgIpc) is 3.11. The van der Waals surface area contributed by atoms with Crippen LogP contribution >= 0.6 is 0 Å². The lowest BCUT2D eigenvalue weighted by molar-refractivity contribution is 0.00578. The first-order valence-electron chi connectivity index (χ1n) is 8.94. The highest BCUT2D eigenvalue weighted by molar-refractivity contribution is 6.54. The van der Waals surface area contributed by atoms with Gasteiger partial charge in [-0.15, -0.1) is 0 Å². The van der Waals surface area contributed by atoms with Gasteiger partial charge in [-0.05, 0) is 52.0 Å². The van der Waals surface area contributed by atoms with Gasteiger partial charge in [0.1, 0.15) is 11.4 Å². The van der Waals surface area contributed by atoms with Crippen LogP contribution in [0, 0.1) is 0 Å². The Morgan fingerprint density at radius 1 is 1.22 bits per heavy atom. The summed E-state index contributed by atoms with van der Waals surface area (Å²) in [6, 6.07) is 7.38. The molecule has 0 saturated carbocycles. The number of ether oxygens (including phenoxy) is 1. The maximum Gasteiger partial charge on any atom is 0.525 e. The van der Waals surface area contributed by atoms with Crippen LogP contribution in [0.1, 0.15) is 33.4 Å². The number of hydrogen-bond donors (Lipinski definition) is 0. The minimum atomic E-state index is -1.04. The van der Waals surface area contributed by atoms with Gasteiger partial charge in [0.25, 0.3) is 0 Å². The van der Waals surface area contributed by atoms with Gasteiger partial charge >= 0.3 is 7.12 Å². The molecule has 1 fully saturated rings. The zero-order valence-corrected chi connectivity index (χ0v) is 16.4. The van der Waals surface area contributed by atoms with Gasteiger partial charge in [-0.2, -0.15) is 5.10 Å². The van der Waals surface area contributed by atoms with Crippen LogP contribution in [0.15, 0.2) is 36.2 Å². The second-order valence-electron chi connectivity index (χ2n) is 7.50. The predicted molar refractivity (Wildman–Crippen MR) is 103 cm³/mol. The summed E-state index contributed by atoms with van der Waals surface area (Å²) in [7, 11) is 0.572. The molecule has 3 heterocycles. The molecule has 0 aliphatic carbocycles. The van der Waals surface area contributed by atoms with E-state index in [0.717, 1.165) is 5.69 Å². The molecule has 144 valence electrons. The minimum Gasteiger partial charge on any atom is -0.398 e. The van der Waals surface area contributed by atoms with Crippen LogP contribution in [-0.2, 0) is 20.6 Å². The van der Waals surface area contributed by atoms with E-state index in [0.29, 0.717) is 24.5 Å². The monoisotopic (exact) mass is 373 g/mol. The van der Waals surface area contributed by atoms with Crippen LogP contribution in [0.5, 0.6) is 0 Å². The molecule has 0 N–H and O–H groups in total. The maximum atomic E-state index is 14.9. The highest BCUT2D eigenvalue weighted by Gasteiger charge is 2.53. The molecule has 1 aliphatic heterocycles. The second-order valence-corrected chi connectivity index (χ2v) is 7.50. The van der Waals surface area contributed by atoms with Crippen molar-refractivity contribution in [3.8, 4) is 11.4 Å². The summed E-state index contributed by atoms with van der Waals surface area (Å²) in [5, 5.41) is 4.54. The van der Waals surface area contributed by atoms with Gasteiger partial charge < -0.3 is 14.0 Å². The Morgan fingerprint density at radius 2 is 1.93 bits per heavy atom. The fourth-order valence-electron chi connectivity index (χ4n) is 2.71. The summed E-state index contributed by atoms with van der Waals surface area (Å²) in [5.41, 5.74) is 0.287. The van der Waals surface area contributed by atoms with E-state index in [1.165, 1.54) is 6.08 Å². The molecule has 8 heteroatoms. The zero-order chi connectivity index (χ0) is 19.7. The number of hydrogen-bond acceptors (Lipinski definition) is 5. The summed E-state index contributed by atoms with van der Waals surface area (Å²) < 4.78 is 33.3. The molecule has 0 unspecified atom stereocenters. The van der Waals surface area contributed by atoms with Gasteiger partial charge in [0.15, 0.2) is 0 Å². The molecule has 0 atom stereocenters. The molecule has 0 spiro atoms. The van der Waals surface area contributed by atoms with Crippen molar-refractivity contribution in [2.24, 2.45) is 0 Å². The first-order chi connectivity index (χ1) is 12.7. The SMILES string of the molecule is COCCn1nc(-c2ccccn2)cc1C=C(F)B1OC(C)(C)C(C)(C)O1. The van der Waals surface area contributed by atoms with Gasteiger partial charge in [0.2, 0.25) is 0 Å². The van der Waals surface area contributed by atoms with Crippen LogP contribution in [0.2, 0.25) is 0 Å². The average molecular weight is 373 g/mol. The quantitative estimate of drug-likeness (QED) is 0.725. The number of nitrogens with zero attached hydrogens (tertiary/aromatic N) is 3. The molecule has 1 saturated heterocycles. The highest BCUT2D eigenvalue weighted by Crippen LogP contribution is 2.39. The molecule has 2 aromatic rings. The van der Waals surface area contributed by atoms with Crippen molar-refractivity contribution in [3.63, 3.8) is 0 Å². The van der Waals surface area contributed by atoms with Crippen LogP contribution in [0.25, 0.3) is 17.5 Å². The molecule has 2 aromatic heterocycles. The van der Waals surface area contributed by atoms with E-state index in [-0.39, 0.29) is 0 Å². The predicted octanol–water partition coefficient (Wildman–Crippen LogP) is 3.53. The van der Waals surface area contributed by atoms with Crippen molar-refractivity contribution in [3.05, 3.63) is 41.9 Å². The van der Waals surface area contributed by atoms with Crippen LogP contribution in [0.4, 0.5) is 4.39 Å². The topological polar surface area (TPSA) is 58.4 Å². The Kier molecular flexibility index (Phi) is 5.51. The summed E-state index contributed by atoms with van der Waals surface area (Å²) in [5.74, 6) is 0. The normalized spacial score (nSPS) is 18.9. The van der Waals surface area contributed by atoms with Crippen molar-refractivity contribution < 1.29 is 18.4 Å². The minimum absolute atomic E-state index is 0.461. The molecule has 0 bridgehead atoms. The van der Waals surface area contributed by atoms with Crippen LogP contribution < -0.4 is 0 Å². The van der Waals surface area contributed by atoms with Gasteiger partial charge in [-0.1, -0.05) is 6.07 Å². The van der Waals surface area contributed by atoms with E-state index in [9.17, 15) is 4.39 Å². The third-order valence-electron chi connectivity index (χ3n) is 5.01. The molecule has 27 heavy (non-hydrogen) atoms. The molecule has 3 rings (SSSR count). The molecule has 0 amide bonds. The van der Waals surface area contributed by atoms with Crippen molar-refractivity contribution in [2.75, 3.05) is 13.7 Å². The second kappa shape index (κ2) is 7.54. The van der Waals surface area contributed by atoms with Gasteiger partial charge in [-0.25, -0.2) is 4.39 Å². The largest absolute Gasteiger partial charge is 0.525 e. The van der Waals surface area contributed by atoms with Gasteiger partial charge in [0, 0.05) is 13.3 Å². The molecule has 0 radical (unpaired) electrons. The third-order valence-corrected chi connectivity index (χ3v) is 5.01. The highest BCUT2D eigenvalue weighted by atomic mass is 19.1. The number of halogens is 1. The van der Waals surface area contributed by atoms with E-state index in [1.54, 1.807) is 24.1 Å². The van der Waals surface area contributed by atoms with Crippen molar-refractivity contribution >= 4 is 13.2 Å². The summed E-state index contributed by atoms with van der Waals surface area (Å²) in [6.45, 7) is 8.52. The number of aromatic nitrogens is 3. The summed E-state index contributed by atoms with van der Waals surface area (Å²) >= 11 is 0. The van der Waals surface area contributed by atoms with E-state index in [1.807, 2.05) is 45.9 Å². The van der Waals surface area contributed by atoms with Crippen LogP contribution in [0.3, 0.4) is 0 Å². The lowest BCUT2D eigenvalue weighted by Gasteiger charge is -2.32. The lowest BCUT2D eigenvalue weighted by atomic mass is 9.87. The molecule has 0 aromatic carbocycles. The summed E-state index contributed by atoms with van der Waals surface area (Å²) in [4.78, 5) is 4.31. The number of rotatable bonds is 6. The van der Waals surface area contributed by atoms with E-state index >= 15 is 0 Å². The number of methoxy groups -OCH3 is 1. The number of pyridine rings is 1. The van der Waals surface area contributed by atoms with Crippen molar-refractivity contribution in [2.45, 2.75) is 45.4 Å². The Balaban J connectivity index is 1.90. The zero-order valence-electron chi connectivity index (χ0n) is 16.4. The molecular weight excluding hydrogens is 348 g/mol. The van der Waals surface area contributed by atoms with Crippen LogP contribution in [-0.4, -0.2) is 46.8 Å². The fourth-order valence-corrected chi connectivity index (χ4v) is 2.71. The summed E-state index contributed by atoms with van der Waals surface area (Å²) in [6.07, 6.45) is 3.10. The maximum absolute atomic E-state index is 14.9. The van der Waals surface area contributed by atoms with E-state index < -0.39 is 24.0 Å². The Labute approximate surface area is 159 Å². The lowest BCUT2D eigenvalue weighted by Crippen LogP contribution is -2.41. The van der Waals surface area contributed by atoms with E-state index in [4.69, 9.17) is 14.0 Å². The van der Waals surface area contributed by atoms with E-state index in [2.05, 4.69) is 10.1 Å². The molecular formula is C19H25BFN3O3. The van der Waals surface area contributed by atoms with Gasteiger partial charge in [-0.3, -0.25) is 9.67 Å². The standard InChI is InChI=1S/C19H25BFN3O3/c1-18(2)19(3,4)27-20(26-18)17(21)13-14-12-16(15-8-6-7-9-22-15)23-24(14)10-11-25-5/h6-9,12-13H,10-11H2,1-5H3. The first kappa shape index (κ1) is 19.7. The smallest absolute Gasteiger partial charge is 0.398 e. The van der Waals surface area contributed by atoms with Gasteiger partial charge in [0.05, 0.1) is 35.7 Å². The molecule has 1 aliphatic rings. The Hall–Kier alpha value is -2.03. The Morgan fingerprint density at radius 3 is 2.52 bits per heavy atom. The van der Waals surface area contributed by atoms with Crippen molar-refractivity contribution in [1.29, 1.82) is 0 Å².